The minimum atomic E-state index is 0.192. The van der Waals surface area contributed by atoms with E-state index in [1.807, 2.05) is 0 Å². The van der Waals surface area contributed by atoms with Gasteiger partial charge in [0.2, 0.25) is 5.89 Å². The second-order valence-corrected chi connectivity index (χ2v) is 6.01. The van der Waals surface area contributed by atoms with Crippen LogP contribution in [-0.2, 0) is 11.8 Å². The number of aromatic nitrogens is 2. The van der Waals surface area contributed by atoms with Crippen molar-refractivity contribution in [3.05, 3.63) is 11.7 Å². The Kier molecular flexibility index (Phi) is 3.52. The van der Waals surface area contributed by atoms with Crippen LogP contribution in [0.3, 0.4) is 0 Å². The second-order valence-electron chi connectivity index (χ2n) is 6.01. The Hall–Kier alpha value is -0.900. The summed E-state index contributed by atoms with van der Waals surface area (Å²) in [4.78, 5) is 4.51. The molecule has 0 bridgehead atoms. The summed E-state index contributed by atoms with van der Waals surface area (Å²) < 4.78 is 5.33. The first-order chi connectivity index (χ1) is 8.03. The standard InChI is InChI=1S/C13H23N3O/c1-9(2)6-10(8-14)7-11-15-12(16-17-11)13(3)4-5-13/h9-10H,4-8,14H2,1-3H3. The monoisotopic (exact) mass is 237 g/mol. The molecule has 0 spiro atoms. The zero-order valence-corrected chi connectivity index (χ0v) is 11.1. The highest BCUT2D eigenvalue weighted by Crippen LogP contribution is 2.46. The summed E-state index contributed by atoms with van der Waals surface area (Å²) in [5.41, 5.74) is 5.98. The number of rotatable bonds is 6. The largest absolute Gasteiger partial charge is 0.339 e. The van der Waals surface area contributed by atoms with E-state index >= 15 is 0 Å². The third kappa shape index (κ3) is 3.06. The van der Waals surface area contributed by atoms with Crippen LogP contribution in [0.5, 0.6) is 0 Å². The smallest absolute Gasteiger partial charge is 0.226 e. The van der Waals surface area contributed by atoms with Crippen LogP contribution in [0.25, 0.3) is 0 Å². The molecule has 4 nitrogen and oxygen atoms in total. The van der Waals surface area contributed by atoms with Gasteiger partial charge in [-0.1, -0.05) is 25.9 Å². The normalized spacial score (nSPS) is 19.6. The van der Waals surface area contributed by atoms with Gasteiger partial charge in [0.05, 0.1) is 0 Å². The molecule has 1 aromatic rings. The van der Waals surface area contributed by atoms with Gasteiger partial charge < -0.3 is 10.3 Å². The minimum absolute atomic E-state index is 0.192. The van der Waals surface area contributed by atoms with Gasteiger partial charge in [-0.2, -0.15) is 4.98 Å². The van der Waals surface area contributed by atoms with Gasteiger partial charge in [-0.05, 0) is 37.6 Å². The highest BCUT2D eigenvalue weighted by Gasteiger charge is 2.43. The van der Waals surface area contributed by atoms with Crippen molar-refractivity contribution in [1.82, 2.24) is 10.1 Å². The predicted molar refractivity (Wildman–Crippen MR) is 66.6 cm³/mol. The van der Waals surface area contributed by atoms with E-state index in [2.05, 4.69) is 30.9 Å². The first-order valence-electron chi connectivity index (χ1n) is 6.56. The van der Waals surface area contributed by atoms with E-state index in [-0.39, 0.29) is 5.41 Å². The molecular formula is C13H23N3O. The highest BCUT2D eigenvalue weighted by molar-refractivity contribution is 5.14. The Balaban J connectivity index is 1.95. The molecule has 0 aliphatic heterocycles. The quantitative estimate of drug-likeness (QED) is 0.824. The maximum absolute atomic E-state index is 5.78. The molecule has 1 fully saturated rings. The van der Waals surface area contributed by atoms with Crippen LogP contribution in [0.2, 0.25) is 0 Å². The molecule has 0 amide bonds. The van der Waals surface area contributed by atoms with Gasteiger partial charge in [0.15, 0.2) is 5.82 Å². The lowest BCUT2D eigenvalue weighted by Crippen LogP contribution is -2.19. The summed E-state index contributed by atoms with van der Waals surface area (Å²) in [6, 6.07) is 0. The average molecular weight is 237 g/mol. The fraction of sp³-hybridized carbons (Fsp3) is 0.846. The van der Waals surface area contributed by atoms with Crippen molar-refractivity contribution in [2.45, 2.75) is 51.9 Å². The van der Waals surface area contributed by atoms with Crippen molar-refractivity contribution in [3.63, 3.8) is 0 Å². The SMILES string of the molecule is CC(C)CC(CN)Cc1nc(C2(C)CC2)no1. The third-order valence-electron chi connectivity index (χ3n) is 3.61. The fourth-order valence-electron chi connectivity index (χ4n) is 2.17. The van der Waals surface area contributed by atoms with Crippen LogP contribution in [0.1, 0.15) is 51.7 Å². The van der Waals surface area contributed by atoms with Crippen LogP contribution in [-0.4, -0.2) is 16.7 Å². The molecule has 1 aliphatic carbocycles. The summed E-state index contributed by atoms with van der Waals surface area (Å²) in [6.07, 6.45) is 4.29. The van der Waals surface area contributed by atoms with Crippen molar-refractivity contribution >= 4 is 0 Å². The van der Waals surface area contributed by atoms with E-state index in [0.29, 0.717) is 18.4 Å². The van der Waals surface area contributed by atoms with Crippen LogP contribution in [0.4, 0.5) is 0 Å². The van der Waals surface area contributed by atoms with Crippen molar-refractivity contribution < 1.29 is 4.52 Å². The molecule has 1 heterocycles. The molecule has 1 aliphatic rings. The Morgan fingerprint density at radius 2 is 2.12 bits per heavy atom. The van der Waals surface area contributed by atoms with E-state index in [4.69, 9.17) is 10.3 Å². The molecule has 1 aromatic heterocycles. The van der Waals surface area contributed by atoms with Crippen LogP contribution in [0.15, 0.2) is 4.52 Å². The Morgan fingerprint density at radius 3 is 2.65 bits per heavy atom. The molecule has 0 radical (unpaired) electrons. The number of hydrogen-bond acceptors (Lipinski definition) is 4. The van der Waals surface area contributed by atoms with E-state index in [1.54, 1.807) is 0 Å². The van der Waals surface area contributed by atoms with Gasteiger partial charge in [-0.3, -0.25) is 0 Å². The summed E-state index contributed by atoms with van der Waals surface area (Å²) in [6.45, 7) is 7.31. The van der Waals surface area contributed by atoms with Gasteiger partial charge in [-0.15, -0.1) is 0 Å². The maximum Gasteiger partial charge on any atom is 0.226 e. The lowest BCUT2D eigenvalue weighted by Gasteiger charge is -2.14. The summed E-state index contributed by atoms with van der Waals surface area (Å²) in [5.74, 6) is 2.75. The van der Waals surface area contributed by atoms with Crippen LogP contribution >= 0.6 is 0 Å². The lowest BCUT2D eigenvalue weighted by molar-refractivity contribution is 0.328. The summed E-state index contributed by atoms with van der Waals surface area (Å²) >= 11 is 0. The molecule has 0 aromatic carbocycles. The first kappa shape index (κ1) is 12.6. The molecule has 1 unspecified atom stereocenters. The number of hydrogen-bond donors (Lipinski definition) is 1. The molecule has 2 N–H and O–H groups in total. The third-order valence-corrected chi connectivity index (χ3v) is 3.61. The summed E-state index contributed by atoms with van der Waals surface area (Å²) in [5, 5.41) is 4.09. The molecule has 2 rings (SSSR count). The first-order valence-corrected chi connectivity index (χ1v) is 6.56. The van der Waals surface area contributed by atoms with Crippen molar-refractivity contribution in [2.75, 3.05) is 6.54 Å². The fourth-order valence-corrected chi connectivity index (χ4v) is 2.17. The van der Waals surface area contributed by atoms with Crippen molar-refractivity contribution in [1.29, 1.82) is 0 Å². The van der Waals surface area contributed by atoms with Crippen LogP contribution < -0.4 is 5.73 Å². The van der Waals surface area contributed by atoms with E-state index in [1.165, 1.54) is 12.8 Å². The van der Waals surface area contributed by atoms with Gasteiger partial charge >= 0.3 is 0 Å². The minimum Gasteiger partial charge on any atom is -0.339 e. The Bertz CT molecular complexity index is 368. The topological polar surface area (TPSA) is 64.9 Å². The second kappa shape index (κ2) is 4.77. The van der Waals surface area contributed by atoms with E-state index in [0.717, 1.165) is 24.6 Å². The Morgan fingerprint density at radius 1 is 1.41 bits per heavy atom. The number of nitrogens with zero attached hydrogens (tertiary/aromatic N) is 2. The van der Waals surface area contributed by atoms with Gasteiger partial charge in [0.1, 0.15) is 0 Å². The van der Waals surface area contributed by atoms with Gasteiger partial charge in [0, 0.05) is 11.8 Å². The van der Waals surface area contributed by atoms with Crippen LogP contribution in [0, 0.1) is 11.8 Å². The summed E-state index contributed by atoms with van der Waals surface area (Å²) in [7, 11) is 0. The van der Waals surface area contributed by atoms with Crippen molar-refractivity contribution in [3.8, 4) is 0 Å². The van der Waals surface area contributed by atoms with E-state index < -0.39 is 0 Å². The molecule has 4 heteroatoms. The molecule has 0 saturated heterocycles. The molecule has 1 atom stereocenters. The zero-order chi connectivity index (χ0) is 12.5. The molecule has 17 heavy (non-hydrogen) atoms. The van der Waals surface area contributed by atoms with Crippen molar-refractivity contribution in [2.24, 2.45) is 17.6 Å². The van der Waals surface area contributed by atoms with E-state index in [9.17, 15) is 0 Å². The maximum atomic E-state index is 5.78. The predicted octanol–water partition coefficient (Wildman–Crippen LogP) is 2.28. The van der Waals surface area contributed by atoms with Gasteiger partial charge in [-0.25, -0.2) is 0 Å². The van der Waals surface area contributed by atoms with Gasteiger partial charge in [0.25, 0.3) is 0 Å². The lowest BCUT2D eigenvalue weighted by atomic mass is 9.94. The average Bonchev–Trinajstić information content (AvgIpc) is 2.84. The molecular weight excluding hydrogens is 214 g/mol. The Labute approximate surface area is 103 Å². The molecule has 1 saturated carbocycles. The number of nitrogens with two attached hydrogens (primary N) is 1. The highest BCUT2D eigenvalue weighted by atomic mass is 16.5. The molecule has 96 valence electrons. The zero-order valence-electron chi connectivity index (χ0n) is 11.1.